The van der Waals surface area contributed by atoms with Crippen LogP contribution in [0.15, 0.2) is 4.99 Å². The first-order chi connectivity index (χ1) is 9.90. The predicted molar refractivity (Wildman–Crippen MR) is 76.5 cm³/mol. The number of methoxy groups -OCH3 is 1. The standard InChI is InChI=1S/C13H25F3N4O/c1-11(13(14,15)16)19-6-8-20(9-7-19)12(17-2)18-5-4-10-21-3/h11H,4-10H2,1-3H3,(H,17,18). The molecule has 0 spiro atoms. The van der Waals surface area contributed by atoms with Crippen molar-refractivity contribution in [3.05, 3.63) is 0 Å². The molecule has 0 amide bonds. The van der Waals surface area contributed by atoms with Gasteiger partial charge < -0.3 is 15.0 Å². The Balaban J connectivity index is 2.40. The fourth-order valence-corrected chi connectivity index (χ4v) is 2.28. The highest BCUT2D eigenvalue weighted by Gasteiger charge is 2.40. The van der Waals surface area contributed by atoms with Gasteiger partial charge in [-0.1, -0.05) is 0 Å². The van der Waals surface area contributed by atoms with Crippen molar-refractivity contribution in [2.75, 3.05) is 53.5 Å². The average Bonchev–Trinajstić information content (AvgIpc) is 2.46. The van der Waals surface area contributed by atoms with Crippen molar-refractivity contribution in [3.8, 4) is 0 Å². The summed E-state index contributed by atoms with van der Waals surface area (Å²) in [6.45, 7) is 4.49. The molecule has 1 saturated heterocycles. The zero-order chi connectivity index (χ0) is 15.9. The molecule has 1 unspecified atom stereocenters. The lowest BCUT2D eigenvalue weighted by Gasteiger charge is -2.39. The quantitative estimate of drug-likeness (QED) is 0.470. The molecule has 0 saturated carbocycles. The molecule has 5 nitrogen and oxygen atoms in total. The van der Waals surface area contributed by atoms with Gasteiger partial charge in [-0.15, -0.1) is 0 Å². The summed E-state index contributed by atoms with van der Waals surface area (Å²) in [5, 5.41) is 3.20. The van der Waals surface area contributed by atoms with Gasteiger partial charge in [0.15, 0.2) is 5.96 Å². The van der Waals surface area contributed by atoms with Gasteiger partial charge in [0.2, 0.25) is 0 Å². The molecule has 8 heteroatoms. The number of nitrogens with one attached hydrogen (secondary N) is 1. The Hall–Kier alpha value is -1.02. The summed E-state index contributed by atoms with van der Waals surface area (Å²) < 4.78 is 43.0. The normalized spacial score (nSPS) is 19.7. The molecule has 124 valence electrons. The molecule has 1 N–H and O–H groups in total. The Kier molecular flexibility index (Phi) is 7.24. The SMILES string of the molecule is CN=C(NCCCOC)N1CCN(C(C)C(F)(F)F)CC1. The van der Waals surface area contributed by atoms with Gasteiger partial charge in [0.25, 0.3) is 0 Å². The Morgan fingerprint density at radius 1 is 1.29 bits per heavy atom. The molecule has 1 aliphatic rings. The highest BCUT2D eigenvalue weighted by molar-refractivity contribution is 5.79. The molecule has 1 atom stereocenters. The summed E-state index contributed by atoms with van der Waals surface area (Å²) in [6, 6.07) is -1.39. The number of hydrogen-bond acceptors (Lipinski definition) is 3. The zero-order valence-electron chi connectivity index (χ0n) is 12.9. The summed E-state index contributed by atoms with van der Waals surface area (Å²) in [6.07, 6.45) is -3.30. The van der Waals surface area contributed by atoms with E-state index in [0.29, 0.717) is 32.8 Å². The largest absolute Gasteiger partial charge is 0.403 e. The number of alkyl halides is 3. The maximum absolute atomic E-state index is 12.7. The lowest BCUT2D eigenvalue weighted by Crippen LogP contribution is -2.56. The summed E-state index contributed by atoms with van der Waals surface area (Å²) in [5.74, 6) is 0.741. The van der Waals surface area contributed by atoms with Gasteiger partial charge in [0.1, 0.15) is 6.04 Å². The van der Waals surface area contributed by atoms with Crippen molar-refractivity contribution in [2.45, 2.75) is 25.6 Å². The monoisotopic (exact) mass is 310 g/mol. The van der Waals surface area contributed by atoms with Gasteiger partial charge in [-0.25, -0.2) is 0 Å². The topological polar surface area (TPSA) is 40.1 Å². The van der Waals surface area contributed by atoms with Crippen molar-refractivity contribution in [1.82, 2.24) is 15.1 Å². The number of piperazine rings is 1. The van der Waals surface area contributed by atoms with Gasteiger partial charge in [-0.2, -0.15) is 13.2 Å². The van der Waals surface area contributed by atoms with Gasteiger partial charge >= 0.3 is 6.18 Å². The first-order valence-corrected chi connectivity index (χ1v) is 7.15. The average molecular weight is 310 g/mol. The van der Waals surface area contributed by atoms with Crippen molar-refractivity contribution < 1.29 is 17.9 Å². The molecule has 1 heterocycles. The zero-order valence-corrected chi connectivity index (χ0v) is 12.9. The number of aliphatic imine (C=N–C) groups is 1. The summed E-state index contributed by atoms with van der Waals surface area (Å²) >= 11 is 0. The van der Waals surface area contributed by atoms with E-state index >= 15 is 0 Å². The predicted octanol–water partition coefficient (Wildman–Crippen LogP) is 1.17. The Labute approximate surface area is 124 Å². The van der Waals surface area contributed by atoms with Crippen molar-refractivity contribution >= 4 is 5.96 Å². The Morgan fingerprint density at radius 3 is 2.38 bits per heavy atom. The van der Waals surface area contributed by atoms with Crippen LogP contribution < -0.4 is 5.32 Å². The molecule has 1 aliphatic heterocycles. The molecule has 0 aromatic heterocycles. The molecule has 0 radical (unpaired) electrons. The number of ether oxygens (including phenoxy) is 1. The molecule has 21 heavy (non-hydrogen) atoms. The fourth-order valence-electron chi connectivity index (χ4n) is 2.28. The van der Waals surface area contributed by atoms with Crippen LogP contribution in [0.3, 0.4) is 0 Å². The molecule has 0 aliphatic carbocycles. The summed E-state index contributed by atoms with van der Waals surface area (Å²) in [7, 11) is 3.33. The van der Waals surface area contributed by atoms with E-state index in [1.54, 1.807) is 14.2 Å². The van der Waals surface area contributed by atoms with E-state index in [-0.39, 0.29) is 0 Å². The van der Waals surface area contributed by atoms with E-state index in [0.717, 1.165) is 18.9 Å². The third-order valence-corrected chi connectivity index (χ3v) is 3.66. The summed E-state index contributed by atoms with van der Waals surface area (Å²) in [5.41, 5.74) is 0. The van der Waals surface area contributed by atoms with E-state index < -0.39 is 12.2 Å². The highest BCUT2D eigenvalue weighted by atomic mass is 19.4. The van der Waals surface area contributed by atoms with Crippen LogP contribution in [0.5, 0.6) is 0 Å². The van der Waals surface area contributed by atoms with E-state index in [1.807, 2.05) is 4.90 Å². The second kappa shape index (κ2) is 8.43. The van der Waals surface area contributed by atoms with Crippen molar-refractivity contribution in [3.63, 3.8) is 0 Å². The van der Waals surface area contributed by atoms with Crippen LogP contribution in [-0.4, -0.2) is 81.5 Å². The summed E-state index contributed by atoms with van der Waals surface area (Å²) in [4.78, 5) is 7.64. The molecule has 1 fully saturated rings. The molecule has 1 rings (SSSR count). The molecule has 0 bridgehead atoms. The fraction of sp³-hybridized carbons (Fsp3) is 0.923. The molecule has 0 aromatic rings. The van der Waals surface area contributed by atoms with Crippen molar-refractivity contribution in [1.29, 1.82) is 0 Å². The van der Waals surface area contributed by atoms with Crippen LogP contribution in [-0.2, 0) is 4.74 Å². The lowest BCUT2D eigenvalue weighted by atomic mass is 10.2. The molecule has 0 aromatic carbocycles. The van der Waals surface area contributed by atoms with Crippen LogP contribution in [0.4, 0.5) is 13.2 Å². The maximum Gasteiger partial charge on any atom is 0.403 e. The third-order valence-electron chi connectivity index (χ3n) is 3.66. The molecular weight excluding hydrogens is 285 g/mol. The maximum atomic E-state index is 12.7. The van der Waals surface area contributed by atoms with Gasteiger partial charge in [0.05, 0.1) is 0 Å². The second-order valence-corrected chi connectivity index (χ2v) is 5.06. The van der Waals surface area contributed by atoms with E-state index in [9.17, 15) is 13.2 Å². The lowest BCUT2D eigenvalue weighted by molar-refractivity contribution is -0.181. The minimum absolute atomic E-state index is 0.388. The van der Waals surface area contributed by atoms with Gasteiger partial charge in [-0.3, -0.25) is 9.89 Å². The van der Waals surface area contributed by atoms with Gasteiger partial charge in [0, 0.05) is 53.5 Å². The van der Waals surface area contributed by atoms with Gasteiger partial charge in [-0.05, 0) is 13.3 Å². The van der Waals surface area contributed by atoms with Crippen LogP contribution in [0.25, 0.3) is 0 Å². The number of nitrogens with zero attached hydrogens (tertiary/aromatic N) is 3. The Bertz CT molecular complexity index is 328. The third kappa shape index (κ3) is 5.70. The number of halogens is 3. The Morgan fingerprint density at radius 2 is 1.90 bits per heavy atom. The van der Waals surface area contributed by atoms with Crippen LogP contribution in [0, 0.1) is 0 Å². The number of rotatable bonds is 5. The van der Waals surface area contributed by atoms with E-state index in [1.165, 1.54) is 11.8 Å². The smallest absolute Gasteiger partial charge is 0.385 e. The number of hydrogen-bond donors (Lipinski definition) is 1. The van der Waals surface area contributed by atoms with Crippen LogP contribution >= 0.6 is 0 Å². The number of guanidine groups is 1. The van der Waals surface area contributed by atoms with Crippen LogP contribution in [0.1, 0.15) is 13.3 Å². The second-order valence-electron chi connectivity index (χ2n) is 5.06. The minimum Gasteiger partial charge on any atom is -0.385 e. The van der Waals surface area contributed by atoms with Crippen molar-refractivity contribution in [2.24, 2.45) is 4.99 Å². The molecular formula is C13H25F3N4O. The minimum atomic E-state index is -4.16. The first kappa shape index (κ1) is 18.0. The first-order valence-electron chi connectivity index (χ1n) is 7.15. The van der Waals surface area contributed by atoms with E-state index in [4.69, 9.17) is 4.74 Å². The van der Waals surface area contributed by atoms with E-state index in [2.05, 4.69) is 10.3 Å². The highest BCUT2D eigenvalue weighted by Crippen LogP contribution is 2.25. The van der Waals surface area contributed by atoms with Crippen LogP contribution in [0.2, 0.25) is 0 Å².